The van der Waals surface area contributed by atoms with Crippen LogP contribution in [0.25, 0.3) is 0 Å². The summed E-state index contributed by atoms with van der Waals surface area (Å²) >= 11 is 0. The lowest BCUT2D eigenvalue weighted by Gasteiger charge is -2.28. The van der Waals surface area contributed by atoms with Crippen molar-refractivity contribution in [2.45, 2.75) is 102 Å². The van der Waals surface area contributed by atoms with Gasteiger partial charge in [-0.2, -0.15) is 0 Å². The molecule has 60 heavy (non-hydrogen) atoms. The van der Waals surface area contributed by atoms with Crippen LogP contribution in [0.2, 0.25) is 0 Å². The molecule has 5 amide bonds. The molecule has 0 aliphatic heterocycles. The number of ether oxygens (including phenoxy) is 2. The Balaban J connectivity index is 2.31. The predicted molar refractivity (Wildman–Crippen MR) is 220 cm³/mol. The molecule has 330 valence electrons. The molecule has 0 saturated carbocycles. The molecule has 0 unspecified atom stereocenters. The first kappa shape index (κ1) is 49.7. The van der Waals surface area contributed by atoms with Crippen LogP contribution in [0.5, 0.6) is 5.75 Å². The number of carbonyl (C=O) groups is 7. The molecule has 0 aromatic heterocycles. The average molecular weight is 842 g/mol. The fraction of sp³-hybridized carbons (Fsp3) is 0.500. The Kier molecular flexibility index (Phi) is 22.0. The average Bonchev–Trinajstić information content (AvgIpc) is 3.21. The second-order valence-electron chi connectivity index (χ2n) is 14.2. The fourth-order valence-electron chi connectivity index (χ4n) is 5.78. The maximum atomic E-state index is 13.9. The number of rotatable bonds is 26. The zero-order valence-corrected chi connectivity index (χ0v) is 34.2. The lowest BCUT2D eigenvalue weighted by Crippen LogP contribution is -2.60. The van der Waals surface area contributed by atoms with Crippen molar-refractivity contribution < 1.29 is 53.2 Å². The molecule has 0 heterocycles. The number of carboxylic acid groups (broad SMARTS) is 1. The number of carboxylic acids is 1. The number of nitrogens with two attached hydrogens (primary N) is 3. The second-order valence-corrected chi connectivity index (χ2v) is 14.2. The highest BCUT2D eigenvalue weighted by molar-refractivity contribution is 5.96. The number of carbonyl (C=O) groups excluding carboxylic acids is 6. The number of benzene rings is 2. The number of nitrogens with zero attached hydrogens (tertiary/aromatic N) is 1. The molecule has 0 saturated heterocycles. The van der Waals surface area contributed by atoms with Gasteiger partial charge in [0.2, 0.25) is 23.6 Å². The molecule has 20 nitrogen and oxygen atoms in total. The summed E-state index contributed by atoms with van der Waals surface area (Å²) in [4.78, 5) is 96.0. The van der Waals surface area contributed by atoms with E-state index in [9.17, 15) is 43.8 Å². The molecule has 2 aromatic rings. The Hall–Kier alpha value is -6.44. The number of phenols is 1. The number of phenolic OH excluding ortho intramolecular Hbond substituents is 1. The fourth-order valence-corrected chi connectivity index (χ4v) is 5.78. The first-order valence-electron chi connectivity index (χ1n) is 19.6. The number of aliphatic carboxylic acids is 1. The Morgan fingerprint density at radius 2 is 1.27 bits per heavy atom. The second kappa shape index (κ2) is 26.5. The van der Waals surface area contributed by atoms with E-state index in [4.69, 9.17) is 26.7 Å². The summed E-state index contributed by atoms with van der Waals surface area (Å²) in [5.74, 6) is -6.13. The van der Waals surface area contributed by atoms with E-state index >= 15 is 0 Å². The van der Waals surface area contributed by atoms with Gasteiger partial charge in [0.1, 0.15) is 42.6 Å². The number of aromatic hydroxyl groups is 1. The van der Waals surface area contributed by atoms with Crippen LogP contribution in [0.1, 0.15) is 69.9 Å². The lowest BCUT2D eigenvalue weighted by molar-refractivity contribution is -0.145. The molecule has 0 spiro atoms. The van der Waals surface area contributed by atoms with Crippen molar-refractivity contribution in [1.29, 1.82) is 0 Å². The Morgan fingerprint density at radius 1 is 0.700 bits per heavy atom. The number of aliphatic imine (C=N–C) groups is 1. The van der Waals surface area contributed by atoms with E-state index in [0.717, 1.165) is 7.11 Å². The zero-order chi connectivity index (χ0) is 44.6. The molecule has 2 aromatic carbocycles. The van der Waals surface area contributed by atoms with Gasteiger partial charge >= 0.3 is 18.0 Å². The minimum atomic E-state index is -1.51. The van der Waals surface area contributed by atoms with E-state index in [1.165, 1.54) is 12.1 Å². The highest BCUT2D eigenvalue weighted by Gasteiger charge is 2.34. The summed E-state index contributed by atoms with van der Waals surface area (Å²) in [6.45, 7) is 3.58. The van der Waals surface area contributed by atoms with Crippen LogP contribution in [-0.4, -0.2) is 108 Å². The molecule has 13 N–H and O–H groups in total. The minimum absolute atomic E-state index is 0.000417. The van der Waals surface area contributed by atoms with Gasteiger partial charge in [-0.3, -0.25) is 29.0 Å². The summed E-state index contributed by atoms with van der Waals surface area (Å²) in [7, 11) is 1.14. The van der Waals surface area contributed by atoms with Crippen molar-refractivity contribution in [2.24, 2.45) is 28.1 Å². The summed E-state index contributed by atoms with van der Waals surface area (Å²) in [6.07, 6.45) is -0.630. The third-order valence-electron chi connectivity index (χ3n) is 9.05. The van der Waals surface area contributed by atoms with E-state index < -0.39 is 90.6 Å². The topological polar surface area (TPSA) is 329 Å². The van der Waals surface area contributed by atoms with Crippen LogP contribution >= 0.6 is 0 Å². The number of esters is 1. The monoisotopic (exact) mass is 841 g/mol. The summed E-state index contributed by atoms with van der Waals surface area (Å²) in [5, 5.41) is 32.0. The summed E-state index contributed by atoms with van der Waals surface area (Å²) < 4.78 is 10.2. The molecule has 0 radical (unpaired) electrons. The molecule has 0 aliphatic carbocycles. The van der Waals surface area contributed by atoms with Crippen molar-refractivity contribution in [1.82, 2.24) is 26.6 Å². The van der Waals surface area contributed by atoms with Gasteiger partial charge in [-0.15, -0.1) is 0 Å². The number of guanidine groups is 1. The number of amides is 5. The Morgan fingerprint density at radius 3 is 1.83 bits per heavy atom. The van der Waals surface area contributed by atoms with Crippen molar-refractivity contribution in [2.75, 3.05) is 20.2 Å². The molecule has 5 atom stereocenters. The largest absolute Gasteiger partial charge is 0.508 e. The van der Waals surface area contributed by atoms with E-state index in [-0.39, 0.29) is 50.5 Å². The maximum absolute atomic E-state index is 13.9. The van der Waals surface area contributed by atoms with Gasteiger partial charge in [0.05, 0.1) is 7.11 Å². The molecule has 2 rings (SSSR count). The van der Waals surface area contributed by atoms with Gasteiger partial charge in [0.25, 0.3) is 0 Å². The summed E-state index contributed by atoms with van der Waals surface area (Å²) in [6, 6.07) is 8.35. The van der Waals surface area contributed by atoms with Crippen LogP contribution in [0.4, 0.5) is 4.79 Å². The first-order chi connectivity index (χ1) is 28.5. The van der Waals surface area contributed by atoms with Crippen molar-refractivity contribution in [3.8, 4) is 5.75 Å². The van der Waals surface area contributed by atoms with Gasteiger partial charge < -0.3 is 63.5 Å². The molecule has 0 fully saturated rings. The first-order valence-corrected chi connectivity index (χ1v) is 19.6. The van der Waals surface area contributed by atoms with Crippen LogP contribution in [-0.2, 0) is 51.3 Å². The summed E-state index contributed by atoms with van der Waals surface area (Å²) in [5.41, 5.74) is 17.9. The van der Waals surface area contributed by atoms with Gasteiger partial charge in [0.15, 0.2) is 5.96 Å². The third kappa shape index (κ3) is 18.9. The van der Waals surface area contributed by atoms with E-state index in [1.54, 1.807) is 56.3 Å². The molecule has 0 bridgehead atoms. The standard InChI is InChI=1S/C40H59N9O11/c1-24(2)33(37(56)47-31(38(57)59-3)22-25-14-16-27(50)17-15-25)49-36(55)30(18-19-32(51)52)46-34(53)28(13-9-21-44-39(42)43)45-35(54)29(12-7-8-20-41)48-40(58)60-23-26-10-5-4-6-11-26/h4-6,10-11,14-17,24,28-31,33,50H,7-9,12-13,18-23,41H2,1-3H3,(H,45,54)(H,46,53)(H,47,56)(H,48,58)(H,49,55)(H,51,52)(H4,42,43,44)/t28-,29+,30-,31-,33-/m0/s1. The predicted octanol–water partition coefficient (Wildman–Crippen LogP) is 0.0453. The van der Waals surface area contributed by atoms with Gasteiger partial charge in [0, 0.05) is 19.4 Å². The molecular formula is C40H59N9O11. The van der Waals surface area contributed by atoms with Gasteiger partial charge in [-0.25, -0.2) is 9.59 Å². The van der Waals surface area contributed by atoms with Crippen LogP contribution in [0.15, 0.2) is 59.6 Å². The normalized spacial score (nSPS) is 13.3. The number of unbranched alkanes of at least 4 members (excludes halogenated alkanes) is 1. The highest BCUT2D eigenvalue weighted by atomic mass is 16.5. The van der Waals surface area contributed by atoms with Crippen molar-refractivity contribution in [3.05, 3.63) is 65.7 Å². The number of hydrogen-bond donors (Lipinski definition) is 10. The molecular weight excluding hydrogens is 782 g/mol. The number of alkyl carbamates (subject to hydrolysis) is 1. The Bertz CT molecular complexity index is 1740. The van der Waals surface area contributed by atoms with Gasteiger partial charge in [-0.1, -0.05) is 56.3 Å². The zero-order valence-electron chi connectivity index (χ0n) is 34.2. The van der Waals surface area contributed by atoms with Crippen LogP contribution in [0.3, 0.4) is 0 Å². The third-order valence-corrected chi connectivity index (χ3v) is 9.05. The number of nitrogens with one attached hydrogen (secondary N) is 5. The quantitative estimate of drug-likeness (QED) is 0.0259. The minimum Gasteiger partial charge on any atom is -0.508 e. The van der Waals surface area contributed by atoms with Crippen molar-refractivity contribution in [3.63, 3.8) is 0 Å². The highest BCUT2D eigenvalue weighted by Crippen LogP contribution is 2.14. The number of hydrogen-bond acceptors (Lipinski definition) is 12. The smallest absolute Gasteiger partial charge is 0.408 e. The maximum Gasteiger partial charge on any atom is 0.408 e. The van der Waals surface area contributed by atoms with E-state index in [1.807, 2.05) is 0 Å². The van der Waals surface area contributed by atoms with Crippen LogP contribution < -0.4 is 43.8 Å². The van der Waals surface area contributed by atoms with Gasteiger partial charge in [-0.05, 0) is 74.2 Å². The Labute approximate surface area is 348 Å². The van der Waals surface area contributed by atoms with E-state index in [2.05, 4.69) is 31.6 Å². The van der Waals surface area contributed by atoms with Crippen molar-refractivity contribution >= 4 is 47.6 Å². The molecule has 20 heteroatoms. The SMILES string of the molecule is COC(=O)[C@H](Cc1ccc(O)cc1)NC(=O)[C@@H](NC(=O)[C@H](CCC(=O)O)NC(=O)[C@H](CCCN=C(N)N)NC(=O)[C@@H](CCCCN)NC(=O)OCc1ccccc1)C(C)C. The van der Waals surface area contributed by atoms with Crippen LogP contribution in [0, 0.1) is 5.92 Å². The lowest BCUT2D eigenvalue weighted by atomic mass is 10.00. The number of methoxy groups -OCH3 is 1. The molecule has 0 aliphatic rings. The van der Waals surface area contributed by atoms with E-state index in [0.29, 0.717) is 30.5 Å².